The van der Waals surface area contributed by atoms with Crippen LogP contribution in [0.2, 0.25) is 5.02 Å². The smallest absolute Gasteiger partial charge is 0.178 e. The lowest BCUT2D eigenvalue weighted by atomic mass is 10.2. The lowest BCUT2D eigenvalue weighted by Crippen LogP contribution is -1.94. The summed E-state index contributed by atoms with van der Waals surface area (Å²) in [4.78, 5) is 16.5. The van der Waals surface area contributed by atoms with E-state index in [1.54, 1.807) is 6.20 Å². The summed E-state index contributed by atoms with van der Waals surface area (Å²) < 4.78 is 0. The average Bonchev–Trinajstić information content (AvgIpc) is 3.01. The fraction of sp³-hybridized carbons (Fsp3) is 0.105. The van der Waals surface area contributed by atoms with E-state index in [-0.39, 0.29) is 0 Å². The summed E-state index contributed by atoms with van der Waals surface area (Å²) in [5, 5.41) is 3.91. The van der Waals surface area contributed by atoms with Crippen molar-refractivity contribution >= 4 is 34.3 Å². The summed E-state index contributed by atoms with van der Waals surface area (Å²) in [5.74, 6) is 1.47. The Kier molecular flexibility index (Phi) is 3.86. The van der Waals surface area contributed by atoms with E-state index < -0.39 is 0 Å². The molecule has 0 aliphatic heterocycles. The molecule has 25 heavy (non-hydrogen) atoms. The number of benzene rings is 1. The fourth-order valence-corrected chi connectivity index (χ4v) is 2.81. The number of nitrogens with one attached hydrogen (secondary N) is 2. The summed E-state index contributed by atoms with van der Waals surface area (Å²) in [7, 11) is 0. The van der Waals surface area contributed by atoms with Gasteiger partial charge in [-0.2, -0.15) is 0 Å². The summed E-state index contributed by atoms with van der Waals surface area (Å²) in [5.41, 5.74) is 5.47. The zero-order valence-electron chi connectivity index (χ0n) is 13.8. The van der Waals surface area contributed by atoms with Gasteiger partial charge in [0.15, 0.2) is 5.65 Å². The minimum atomic E-state index is 0.623. The second-order valence-corrected chi connectivity index (χ2v) is 6.42. The van der Waals surface area contributed by atoms with Gasteiger partial charge in [-0.05, 0) is 55.3 Å². The fourth-order valence-electron chi connectivity index (χ4n) is 2.61. The highest BCUT2D eigenvalue weighted by Crippen LogP contribution is 2.31. The number of pyridine rings is 2. The number of rotatable bonds is 3. The zero-order valence-corrected chi connectivity index (χ0v) is 14.6. The van der Waals surface area contributed by atoms with Crippen LogP contribution in [0.25, 0.3) is 22.6 Å². The highest BCUT2D eigenvalue weighted by atomic mass is 35.5. The predicted octanol–water partition coefficient (Wildman–Crippen LogP) is 5.03. The van der Waals surface area contributed by atoms with Crippen LogP contribution in [0.1, 0.15) is 11.1 Å². The maximum absolute atomic E-state index is 6.39. The normalized spacial score (nSPS) is 11.0. The molecule has 0 unspecified atom stereocenters. The molecule has 3 aromatic heterocycles. The maximum Gasteiger partial charge on any atom is 0.178 e. The van der Waals surface area contributed by atoms with E-state index in [9.17, 15) is 0 Å². The van der Waals surface area contributed by atoms with E-state index in [2.05, 4.69) is 25.3 Å². The van der Waals surface area contributed by atoms with Crippen LogP contribution in [-0.4, -0.2) is 19.9 Å². The van der Waals surface area contributed by atoms with Gasteiger partial charge in [-0.15, -0.1) is 0 Å². The first-order chi connectivity index (χ1) is 12.1. The summed E-state index contributed by atoms with van der Waals surface area (Å²) in [6, 6.07) is 11.7. The van der Waals surface area contributed by atoms with Crippen molar-refractivity contribution in [2.75, 3.05) is 5.32 Å². The number of fused-ring (bicyclic) bond motifs is 1. The summed E-state index contributed by atoms with van der Waals surface area (Å²) in [6.07, 6.45) is 3.63. The molecule has 1 aromatic carbocycles. The highest BCUT2D eigenvalue weighted by Gasteiger charge is 2.11. The topological polar surface area (TPSA) is 66.5 Å². The van der Waals surface area contributed by atoms with E-state index in [0.717, 1.165) is 33.7 Å². The zero-order chi connectivity index (χ0) is 17.4. The Balaban J connectivity index is 1.72. The number of aromatic amines is 1. The molecular formula is C19H16ClN5. The van der Waals surface area contributed by atoms with Crippen LogP contribution in [-0.2, 0) is 0 Å². The Bertz CT molecular complexity index is 1050. The largest absolute Gasteiger partial charge is 0.340 e. The number of H-pyrrole nitrogens is 1. The number of aromatic nitrogens is 4. The molecule has 0 saturated carbocycles. The van der Waals surface area contributed by atoms with Gasteiger partial charge < -0.3 is 10.3 Å². The van der Waals surface area contributed by atoms with Crippen LogP contribution < -0.4 is 5.32 Å². The van der Waals surface area contributed by atoms with Crippen LogP contribution in [0.5, 0.6) is 0 Å². The SMILES string of the molecule is Cc1ccc(Nc2ccc(Cl)c(-c3nc4ncc(C)cc4[nH]3)c2)nc1. The number of hydrogen-bond donors (Lipinski definition) is 2. The molecule has 0 spiro atoms. The molecule has 0 atom stereocenters. The molecule has 5 nitrogen and oxygen atoms in total. The molecule has 0 bridgehead atoms. The standard InChI is InChI=1S/C19H16ClN5/c1-11-3-6-17(21-9-11)23-13-4-5-15(20)14(8-13)18-24-16-7-12(2)10-22-19(16)25-18/h3-10H,1-2H3,(H,21,23)(H,22,24,25). The van der Waals surface area contributed by atoms with E-state index in [1.807, 2.05) is 56.4 Å². The van der Waals surface area contributed by atoms with Crippen molar-refractivity contribution in [3.05, 3.63) is 64.9 Å². The summed E-state index contributed by atoms with van der Waals surface area (Å²) in [6.45, 7) is 4.01. The van der Waals surface area contributed by atoms with Crippen molar-refractivity contribution in [1.29, 1.82) is 0 Å². The molecular weight excluding hydrogens is 334 g/mol. The van der Waals surface area contributed by atoms with Gasteiger partial charge in [0.05, 0.1) is 10.5 Å². The van der Waals surface area contributed by atoms with E-state index in [1.165, 1.54) is 0 Å². The van der Waals surface area contributed by atoms with Gasteiger partial charge in [0.2, 0.25) is 0 Å². The number of hydrogen-bond acceptors (Lipinski definition) is 4. The first kappa shape index (κ1) is 15.6. The molecule has 2 N–H and O–H groups in total. The number of nitrogens with zero attached hydrogens (tertiary/aromatic N) is 3. The highest BCUT2D eigenvalue weighted by molar-refractivity contribution is 6.33. The van der Waals surface area contributed by atoms with Crippen LogP contribution in [0.3, 0.4) is 0 Å². The third kappa shape index (κ3) is 3.19. The van der Waals surface area contributed by atoms with Crippen LogP contribution in [0, 0.1) is 13.8 Å². The van der Waals surface area contributed by atoms with Crippen molar-refractivity contribution < 1.29 is 0 Å². The van der Waals surface area contributed by atoms with Crippen LogP contribution >= 0.6 is 11.6 Å². The molecule has 0 aliphatic rings. The van der Waals surface area contributed by atoms with Gasteiger partial charge in [0.25, 0.3) is 0 Å². The molecule has 0 fully saturated rings. The summed E-state index contributed by atoms with van der Waals surface area (Å²) >= 11 is 6.39. The maximum atomic E-state index is 6.39. The second kappa shape index (κ2) is 6.18. The van der Waals surface area contributed by atoms with Crippen molar-refractivity contribution in [2.24, 2.45) is 0 Å². The quantitative estimate of drug-likeness (QED) is 0.544. The lowest BCUT2D eigenvalue weighted by Gasteiger charge is -2.08. The predicted molar refractivity (Wildman–Crippen MR) is 101 cm³/mol. The molecule has 0 amide bonds. The molecule has 6 heteroatoms. The monoisotopic (exact) mass is 349 g/mol. The third-order valence-corrected chi connectivity index (χ3v) is 4.21. The van der Waals surface area contributed by atoms with Crippen molar-refractivity contribution in [3.8, 4) is 11.4 Å². The molecule has 0 aliphatic carbocycles. The van der Waals surface area contributed by atoms with Gasteiger partial charge in [0, 0.05) is 23.6 Å². The number of aryl methyl sites for hydroxylation is 2. The van der Waals surface area contributed by atoms with Gasteiger partial charge in [0.1, 0.15) is 11.6 Å². The molecule has 0 radical (unpaired) electrons. The molecule has 0 saturated heterocycles. The average molecular weight is 350 g/mol. The van der Waals surface area contributed by atoms with E-state index in [4.69, 9.17) is 11.6 Å². The van der Waals surface area contributed by atoms with E-state index in [0.29, 0.717) is 16.5 Å². The third-order valence-electron chi connectivity index (χ3n) is 3.88. The molecule has 124 valence electrons. The van der Waals surface area contributed by atoms with Crippen LogP contribution in [0.15, 0.2) is 48.8 Å². The Hall–Kier alpha value is -2.92. The molecule has 3 heterocycles. The minimum Gasteiger partial charge on any atom is -0.340 e. The van der Waals surface area contributed by atoms with Crippen molar-refractivity contribution in [1.82, 2.24) is 19.9 Å². The first-order valence-corrected chi connectivity index (χ1v) is 8.28. The van der Waals surface area contributed by atoms with Crippen molar-refractivity contribution in [2.45, 2.75) is 13.8 Å². The second-order valence-electron chi connectivity index (χ2n) is 6.01. The Morgan fingerprint density at radius 3 is 2.60 bits per heavy atom. The van der Waals surface area contributed by atoms with Gasteiger partial charge in [-0.3, -0.25) is 0 Å². The number of imidazole rings is 1. The Labute approximate surface area is 150 Å². The number of anilines is 2. The lowest BCUT2D eigenvalue weighted by molar-refractivity contribution is 1.26. The Morgan fingerprint density at radius 1 is 0.960 bits per heavy atom. The molecule has 4 aromatic rings. The first-order valence-electron chi connectivity index (χ1n) is 7.90. The minimum absolute atomic E-state index is 0.623. The van der Waals surface area contributed by atoms with E-state index >= 15 is 0 Å². The van der Waals surface area contributed by atoms with Gasteiger partial charge in [-0.25, -0.2) is 15.0 Å². The molecule has 4 rings (SSSR count). The number of halogens is 1. The van der Waals surface area contributed by atoms with Crippen molar-refractivity contribution in [3.63, 3.8) is 0 Å². The van der Waals surface area contributed by atoms with Crippen LogP contribution in [0.4, 0.5) is 11.5 Å². The van der Waals surface area contributed by atoms with Gasteiger partial charge >= 0.3 is 0 Å². The Morgan fingerprint density at radius 2 is 1.80 bits per heavy atom. The van der Waals surface area contributed by atoms with Gasteiger partial charge in [-0.1, -0.05) is 17.7 Å².